The van der Waals surface area contributed by atoms with Gasteiger partial charge in [-0.05, 0) is 71.7 Å². The number of azide groups is 1. The van der Waals surface area contributed by atoms with Crippen LogP contribution in [0.1, 0.15) is 74.8 Å². The molecule has 3 aromatic heterocycles. The zero-order chi connectivity index (χ0) is 29.7. The lowest BCUT2D eigenvalue weighted by atomic mass is 9.80. The standard InChI is InChI=1S/C31H24F2N8O2/c32-22-7-1-4-18(25(22)33)19-8-9-23(27-20(5-2-10-35-27)26(19)40-41-34)38-29(42)17-12-16-13-31(14-24(16)37-15-17)21-6-3-11-36-28(21)39-30(31)43/h1-7,10-12,15,19,23,26H,8-9,13-14H2,(H,38,42)(H,36,39,43)/t19-,23-,26-,31-/m0/s1. The Morgan fingerprint density at radius 1 is 1.05 bits per heavy atom. The first kappa shape index (κ1) is 26.7. The second kappa shape index (κ2) is 10.2. The summed E-state index contributed by atoms with van der Waals surface area (Å²) < 4.78 is 29.1. The number of hydrogen-bond acceptors (Lipinski definition) is 6. The summed E-state index contributed by atoms with van der Waals surface area (Å²) in [5, 5.41) is 9.88. The highest BCUT2D eigenvalue weighted by molar-refractivity contribution is 6.06. The quantitative estimate of drug-likeness (QED) is 0.141. The van der Waals surface area contributed by atoms with Crippen LogP contribution in [0, 0.1) is 11.6 Å². The zero-order valence-corrected chi connectivity index (χ0v) is 22.7. The molecule has 4 aromatic rings. The average Bonchev–Trinajstić information content (AvgIpc) is 3.49. The Hall–Kier alpha value is -5.22. The summed E-state index contributed by atoms with van der Waals surface area (Å²) in [5.41, 5.74) is 12.4. The number of carbonyl (C=O) groups excluding carboxylic acids is 2. The molecule has 10 nitrogen and oxygen atoms in total. The molecule has 2 N–H and O–H groups in total. The number of nitrogens with zero attached hydrogens (tertiary/aromatic N) is 6. The molecule has 0 saturated heterocycles. The Bertz CT molecular complexity index is 1860. The highest BCUT2D eigenvalue weighted by Crippen LogP contribution is 2.47. The van der Waals surface area contributed by atoms with Crippen LogP contribution in [0.3, 0.4) is 0 Å². The van der Waals surface area contributed by atoms with Crippen LogP contribution in [0.15, 0.2) is 72.2 Å². The minimum absolute atomic E-state index is 0.101. The van der Waals surface area contributed by atoms with Crippen molar-refractivity contribution in [2.45, 2.75) is 49.1 Å². The number of rotatable bonds is 4. The van der Waals surface area contributed by atoms with Crippen molar-refractivity contribution in [2.75, 3.05) is 5.32 Å². The van der Waals surface area contributed by atoms with Gasteiger partial charge in [0.05, 0.1) is 28.8 Å². The number of nitrogens with one attached hydrogen (secondary N) is 2. The van der Waals surface area contributed by atoms with Crippen LogP contribution in [0.25, 0.3) is 10.4 Å². The summed E-state index contributed by atoms with van der Waals surface area (Å²) in [5.74, 6) is -2.64. The molecule has 4 heterocycles. The van der Waals surface area contributed by atoms with Gasteiger partial charge in [0.2, 0.25) is 5.91 Å². The highest BCUT2D eigenvalue weighted by Gasteiger charge is 2.51. The molecular weight excluding hydrogens is 554 g/mol. The number of anilines is 1. The van der Waals surface area contributed by atoms with E-state index in [1.807, 2.05) is 6.07 Å². The number of benzene rings is 1. The summed E-state index contributed by atoms with van der Waals surface area (Å²) >= 11 is 0. The first-order valence-corrected chi connectivity index (χ1v) is 13.9. The second-order valence-corrected chi connectivity index (χ2v) is 11.1. The van der Waals surface area contributed by atoms with Gasteiger partial charge in [-0.25, -0.2) is 13.8 Å². The molecule has 0 fully saturated rings. The third-order valence-electron chi connectivity index (χ3n) is 8.80. The number of amides is 2. The van der Waals surface area contributed by atoms with Gasteiger partial charge in [0.15, 0.2) is 11.6 Å². The fourth-order valence-electron chi connectivity index (χ4n) is 6.78. The third kappa shape index (κ3) is 4.29. The Morgan fingerprint density at radius 3 is 2.72 bits per heavy atom. The lowest BCUT2D eigenvalue weighted by molar-refractivity contribution is -0.120. The summed E-state index contributed by atoms with van der Waals surface area (Å²) in [4.78, 5) is 43.0. The predicted molar refractivity (Wildman–Crippen MR) is 151 cm³/mol. The first-order chi connectivity index (χ1) is 20.9. The molecule has 0 saturated carbocycles. The zero-order valence-electron chi connectivity index (χ0n) is 22.7. The molecule has 4 atom stereocenters. The Morgan fingerprint density at radius 2 is 1.86 bits per heavy atom. The van der Waals surface area contributed by atoms with Gasteiger partial charge in [0.25, 0.3) is 5.91 Å². The molecule has 0 unspecified atom stereocenters. The van der Waals surface area contributed by atoms with E-state index in [1.165, 1.54) is 18.3 Å². The van der Waals surface area contributed by atoms with E-state index in [-0.39, 0.29) is 11.5 Å². The fourth-order valence-corrected chi connectivity index (χ4v) is 6.78. The Kier molecular flexibility index (Phi) is 6.36. The van der Waals surface area contributed by atoms with Crippen LogP contribution in [-0.4, -0.2) is 26.8 Å². The lowest BCUT2D eigenvalue weighted by Gasteiger charge is -2.23. The maximum atomic E-state index is 14.9. The van der Waals surface area contributed by atoms with Crippen molar-refractivity contribution in [3.05, 3.63) is 128 Å². The van der Waals surface area contributed by atoms with E-state index >= 15 is 0 Å². The van der Waals surface area contributed by atoms with Crippen LogP contribution < -0.4 is 10.6 Å². The van der Waals surface area contributed by atoms with E-state index < -0.39 is 41.0 Å². The highest BCUT2D eigenvalue weighted by atomic mass is 19.2. The molecule has 2 aliphatic carbocycles. The van der Waals surface area contributed by atoms with E-state index in [1.54, 1.807) is 36.7 Å². The molecule has 1 aliphatic heterocycles. The monoisotopic (exact) mass is 578 g/mol. The van der Waals surface area contributed by atoms with Crippen molar-refractivity contribution >= 4 is 17.6 Å². The molecule has 1 spiro atoms. The summed E-state index contributed by atoms with van der Waals surface area (Å²) in [6.45, 7) is 0. The molecule has 12 heteroatoms. The maximum absolute atomic E-state index is 14.9. The third-order valence-corrected chi connectivity index (χ3v) is 8.80. The topological polar surface area (TPSA) is 146 Å². The van der Waals surface area contributed by atoms with Gasteiger partial charge in [-0.1, -0.05) is 29.4 Å². The average molecular weight is 579 g/mol. The molecule has 1 aromatic carbocycles. The van der Waals surface area contributed by atoms with Crippen LogP contribution in [0.5, 0.6) is 0 Å². The smallest absolute Gasteiger partial charge is 0.253 e. The van der Waals surface area contributed by atoms with Crippen molar-refractivity contribution in [3.63, 3.8) is 0 Å². The summed E-state index contributed by atoms with van der Waals surface area (Å²) in [6.07, 6.45) is 6.13. The van der Waals surface area contributed by atoms with Gasteiger partial charge in [-0.2, -0.15) is 0 Å². The van der Waals surface area contributed by atoms with Crippen molar-refractivity contribution in [1.82, 2.24) is 20.3 Å². The molecule has 0 radical (unpaired) electrons. The van der Waals surface area contributed by atoms with Crippen LogP contribution in [0.4, 0.5) is 14.6 Å². The van der Waals surface area contributed by atoms with Gasteiger partial charge in [-0.15, -0.1) is 0 Å². The van der Waals surface area contributed by atoms with E-state index in [4.69, 9.17) is 0 Å². The van der Waals surface area contributed by atoms with Crippen molar-refractivity contribution in [3.8, 4) is 0 Å². The summed E-state index contributed by atoms with van der Waals surface area (Å²) in [6, 6.07) is 11.3. The van der Waals surface area contributed by atoms with Crippen LogP contribution >= 0.6 is 0 Å². The number of fused-ring (bicyclic) bond motifs is 4. The molecule has 43 heavy (non-hydrogen) atoms. The van der Waals surface area contributed by atoms with Crippen LogP contribution in [0.2, 0.25) is 0 Å². The number of carbonyl (C=O) groups is 2. The number of aromatic nitrogens is 3. The molecule has 7 rings (SSSR count). The first-order valence-electron chi connectivity index (χ1n) is 13.9. The number of halogens is 2. The van der Waals surface area contributed by atoms with Gasteiger partial charge in [-0.3, -0.25) is 19.6 Å². The van der Waals surface area contributed by atoms with E-state index in [0.717, 1.165) is 22.9 Å². The Labute approximate surface area is 244 Å². The lowest BCUT2D eigenvalue weighted by Crippen LogP contribution is -2.35. The Balaban J connectivity index is 1.18. The largest absolute Gasteiger partial charge is 0.344 e. The SMILES string of the molecule is [N-]=[N+]=N[C@@H]1c2cccnc2[C@@H](NC(=O)c2cnc3c(c2)C[C@@]2(C3)C(=O)Nc3ncccc32)CC[C@H]1c1cccc(F)c1F. The van der Waals surface area contributed by atoms with E-state index in [9.17, 15) is 23.9 Å². The van der Waals surface area contributed by atoms with Crippen molar-refractivity contribution in [1.29, 1.82) is 0 Å². The van der Waals surface area contributed by atoms with Gasteiger partial charge >= 0.3 is 0 Å². The minimum Gasteiger partial charge on any atom is -0.344 e. The van der Waals surface area contributed by atoms with Gasteiger partial charge in [0, 0.05) is 41.2 Å². The number of pyridine rings is 3. The summed E-state index contributed by atoms with van der Waals surface area (Å²) in [7, 11) is 0. The maximum Gasteiger partial charge on any atom is 0.253 e. The second-order valence-electron chi connectivity index (χ2n) is 11.1. The minimum atomic E-state index is -0.991. The van der Waals surface area contributed by atoms with Crippen LogP contribution in [-0.2, 0) is 23.1 Å². The van der Waals surface area contributed by atoms with Gasteiger partial charge in [0.1, 0.15) is 5.82 Å². The molecule has 214 valence electrons. The molecule has 0 bridgehead atoms. The molecular formula is C31H24F2N8O2. The number of hydrogen-bond donors (Lipinski definition) is 2. The molecule has 2 amide bonds. The van der Waals surface area contributed by atoms with E-state index in [0.29, 0.717) is 48.3 Å². The predicted octanol–water partition coefficient (Wildman–Crippen LogP) is 5.54. The van der Waals surface area contributed by atoms with Crippen molar-refractivity contribution in [2.24, 2.45) is 5.11 Å². The fraction of sp³-hybridized carbons (Fsp3) is 0.258. The normalized spacial score (nSPS) is 23.4. The van der Waals surface area contributed by atoms with Gasteiger partial charge < -0.3 is 10.6 Å². The van der Waals surface area contributed by atoms with Crippen molar-refractivity contribution < 1.29 is 18.4 Å². The molecule has 3 aliphatic rings. The van der Waals surface area contributed by atoms with E-state index in [2.05, 4.69) is 35.6 Å².